The Morgan fingerprint density at radius 2 is 2.08 bits per heavy atom. The highest BCUT2D eigenvalue weighted by atomic mass is 16.5. The maximum atomic E-state index is 13.0. The summed E-state index contributed by atoms with van der Waals surface area (Å²) in [5.74, 6) is 0.159. The average molecular weight is 347 g/mol. The minimum Gasteiger partial charge on any atom is -0.497 e. The Balaban J connectivity index is 1.68. The third-order valence-corrected chi connectivity index (χ3v) is 5.11. The Morgan fingerprint density at radius 1 is 1.32 bits per heavy atom. The normalized spacial score (nSPS) is 23.1. The zero-order chi connectivity index (χ0) is 17.8. The Hall–Kier alpha value is -2.08. The molecule has 25 heavy (non-hydrogen) atoms. The number of methoxy groups -OCH3 is 1. The molecule has 1 N–H and O–H groups in total. The van der Waals surface area contributed by atoms with Crippen LogP contribution in [0.4, 0.5) is 0 Å². The van der Waals surface area contributed by atoms with E-state index in [4.69, 9.17) is 14.6 Å². The van der Waals surface area contributed by atoms with E-state index < -0.39 is 5.97 Å². The predicted octanol–water partition coefficient (Wildman–Crippen LogP) is 2.28. The van der Waals surface area contributed by atoms with Gasteiger partial charge in [-0.3, -0.25) is 9.59 Å². The first kappa shape index (κ1) is 17.7. The monoisotopic (exact) mass is 347 g/mol. The van der Waals surface area contributed by atoms with Crippen LogP contribution >= 0.6 is 0 Å². The smallest absolute Gasteiger partial charge is 0.305 e. The molecule has 1 aromatic carbocycles. The molecule has 136 valence electrons. The lowest BCUT2D eigenvalue weighted by atomic mass is 10.0. The Bertz CT molecular complexity index is 626. The van der Waals surface area contributed by atoms with Crippen LogP contribution in [0.2, 0.25) is 0 Å². The van der Waals surface area contributed by atoms with Crippen LogP contribution in [-0.4, -0.2) is 54.8 Å². The third kappa shape index (κ3) is 4.31. The van der Waals surface area contributed by atoms with Gasteiger partial charge in [0.1, 0.15) is 5.75 Å². The standard InChI is InChI=1S/C19H25NO5/c1-24-15-4-2-3-13(11-15)16-12-17(16)19(23)20(8-5-18(21)22)14-6-9-25-10-7-14/h2-4,11,14,16-17H,5-10,12H2,1H3,(H,21,22)/t16-,17+/m0/s1. The van der Waals surface area contributed by atoms with Crippen molar-refractivity contribution < 1.29 is 24.2 Å². The van der Waals surface area contributed by atoms with Crippen LogP contribution in [0.1, 0.15) is 37.2 Å². The first-order chi connectivity index (χ1) is 12.1. The van der Waals surface area contributed by atoms with Crippen LogP contribution in [0.15, 0.2) is 24.3 Å². The molecule has 0 aromatic heterocycles. The van der Waals surface area contributed by atoms with E-state index in [0.29, 0.717) is 13.2 Å². The van der Waals surface area contributed by atoms with Crippen molar-refractivity contribution in [2.24, 2.45) is 5.92 Å². The van der Waals surface area contributed by atoms with Gasteiger partial charge in [-0.25, -0.2) is 0 Å². The minimum absolute atomic E-state index is 0.0142. The molecule has 6 heteroatoms. The number of aliphatic carboxylic acids is 1. The van der Waals surface area contributed by atoms with E-state index in [1.165, 1.54) is 0 Å². The first-order valence-corrected chi connectivity index (χ1v) is 8.84. The molecule has 1 aromatic rings. The lowest BCUT2D eigenvalue weighted by molar-refractivity contribution is -0.141. The molecule has 1 aliphatic carbocycles. The largest absolute Gasteiger partial charge is 0.497 e. The maximum Gasteiger partial charge on any atom is 0.305 e. The second-order valence-corrected chi connectivity index (χ2v) is 6.74. The third-order valence-electron chi connectivity index (χ3n) is 5.11. The van der Waals surface area contributed by atoms with Gasteiger partial charge in [0.15, 0.2) is 0 Å². The number of carboxylic acids is 1. The van der Waals surface area contributed by atoms with Gasteiger partial charge in [-0.05, 0) is 42.9 Å². The molecule has 1 heterocycles. The average Bonchev–Trinajstić information content (AvgIpc) is 3.43. The molecule has 1 amide bonds. The van der Waals surface area contributed by atoms with Gasteiger partial charge in [0.25, 0.3) is 0 Å². The fraction of sp³-hybridized carbons (Fsp3) is 0.579. The second kappa shape index (κ2) is 7.87. The molecule has 0 bridgehead atoms. The fourth-order valence-electron chi connectivity index (χ4n) is 3.61. The van der Waals surface area contributed by atoms with Crippen molar-refractivity contribution in [1.82, 2.24) is 4.90 Å². The maximum absolute atomic E-state index is 13.0. The molecule has 0 spiro atoms. The van der Waals surface area contributed by atoms with Crippen LogP contribution in [0.3, 0.4) is 0 Å². The molecule has 3 rings (SSSR count). The molecule has 6 nitrogen and oxygen atoms in total. The van der Waals surface area contributed by atoms with Gasteiger partial charge >= 0.3 is 5.97 Å². The molecule has 2 aliphatic rings. The van der Waals surface area contributed by atoms with Crippen LogP contribution in [0.5, 0.6) is 5.75 Å². The van der Waals surface area contributed by atoms with E-state index >= 15 is 0 Å². The van der Waals surface area contributed by atoms with Gasteiger partial charge in [0.2, 0.25) is 5.91 Å². The number of hydrogen-bond acceptors (Lipinski definition) is 4. The number of carbonyl (C=O) groups excluding carboxylic acids is 1. The predicted molar refractivity (Wildman–Crippen MR) is 91.6 cm³/mol. The Kier molecular flexibility index (Phi) is 5.58. The summed E-state index contributed by atoms with van der Waals surface area (Å²) in [6.07, 6.45) is 2.36. The van der Waals surface area contributed by atoms with Crippen molar-refractivity contribution >= 4 is 11.9 Å². The fourth-order valence-corrected chi connectivity index (χ4v) is 3.61. The van der Waals surface area contributed by atoms with Crippen LogP contribution in [0, 0.1) is 5.92 Å². The van der Waals surface area contributed by atoms with Crippen molar-refractivity contribution in [2.45, 2.75) is 37.6 Å². The van der Waals surface area contributed by atoms with Crippen LogP contribution in [0.25, 0.3) is 0 Å². The number of ether oxygens (including phenoxy) is 2. The van der Waals surface area contributed by atoms with Crippen LogP contribution in [-0.2, 0) is 14.3 Å². The number of nitrogens with zero attached hydrogens (tertiary/aromatic N) is 1. The summed E-state index contributed by atoms with van der Waals surface area (Å²) in [6, 6.07) is 7.93. The first-order valence-electron chi connectivity index (χ1n) is 8.84. The summed E-state index contributed by atoms with van der Waals surface area (Å²) in [4.78, 5) is 25.8. The van der Waals surface area contributed by atoms with Gasteiger partial charge in [-0.15, -0.1) is 0 Å². The SMILES string of the molecule is COc1cccc([C@@H]2C[C@H]2C(=O)N(CCC(=O)O)C2CCOCC2)c1. The zero-order valence-corrected chi connectivity index (χ0v) is 14.5. The highest BCUT2D eigenvalue weighted by molar-refractivity contribution is 5.83. The van der Waals surface area contributed by atoms with Gasteiger partial charge in [-0.1, -0.05) is 12.1 Å². The quantitative estimate of drug-likeness (QED) is 0.819. The second-order valence-electron chi connectivity index (χ2n) is 6.74. The lowest BCUT2D eigenvalue weighted by Crippen LogP contribution is -2.45. The molecule has 2 atom stereocenters. The zero-order valence-electron chi connectivity index (χ0n) is 14.5. The van der Waals surface area contributed by atoms with Crippen LogP contribution < -0.4 is 4.74 Å². The van der Waals surface area contributed by atoms with Crippen molar-refractivity contribution in [2.75, 3.05) is 26.9 Å². The molecular weight excluding hydrogens is 322 g/mol. The molecule has 0 unspecified atom stereocenters. The summed E-state index contributed by atoms with van der Waals surface area (Å²) in [7, 11) is 1.63. The number of hydrogen-bond donors (Lipinski definition) is 1. The van der Waals surface area contributed by atoms with Crippen molar-refractivity contribution in [3.63, 3.8) is 0 Å². The van der Waals surface area contributed by atoms with Crippen molar-refractivity contribution in [3.8, 4) is 5.75 Å². The van der Waals surface area contributed by atoms with E-state index in [2.05, 4.69) is 0 Å². The minimum atomic E-state index is -0.870. The summed E-state index contributed by atoms with van der Waals surface area (Å²) in [6.45, 7) is 1.54. The number of carboxylic acid groups (broad SMARTS) is 1. The van der Waals surface area contributed by atoms with Crippen molar-refractivity contribution in [1.29, 1.82) is 0 Å². The molecule has 1 saturated heterocycles. The number of benzene rings is 1. The van der Waals surface area contributed by atoms with Gasteiger partial charge in [0.05, 0.1) is 13.5 Å². The molecule has 0 radical (unpaired) electrons. The van der Waals surface area contributed by atoms with Gasteiger partial charge in [-0.2, -0.15) is 0 Å². The highest BCUT2D eigenvalue weighted by Gasteiger charge is 2.47. The van der Waals surface area contributed by atoms with E-state index in [1.807, 2.05) is 24.3 Å². The van der Waals surface area contributed by atoms with E-state index in [1.54, 1.807) is 12.0 Å². The highest BCUT2D eigenvalue weighted by Crippen LogP contribution is 2.49. The van der Waals surface area contributed by atoms with E-state index in [-0.39, 0.29) is 36.8 Å². The Labute approximate surface area is 147 Å². The van der Waals surface area contributed by atoms with E-state index in [9.17, 15) is 9.59 Å². The topological polar surface area (TPSA) is 76.1 Å². The molecule has 2 fully saturated rings. The number of carbonyl (C=O) groups is 2. The van der Waals surface area contributed by atoms with E-state index in [0.717, 1.165) is 30.6 Å². The number of amides is 1. The number of rotatable bonds is 7. The van der Waals surface area contributed by atoms with Gasteiger partial charge < -0.3 is 19.5 Å². The molecule has 1 aliphatic heterocycles. The lowest BCUT2D eigenvalue weighted by Gasteiger charge is -2.34. The summed E-state index contributed by atoms with van der Waals surface area (Å²) in [5, 5.41) is 9.01. The Morgan fingerprint density at radius 3 is 2.76 bits per heavy atom. The summed E-state index contributed by atoms with van der Waals surface area (Å²) in [5.41, 5.74) is 1.11. The summed E-state index contributed by atoms with van der Waals surface area (Å²) < 4.78 is 10.6. The summed E-state index contributed by atoms with van der Waals surface area (Å²) >= 11 is 0. The molecular formula is C19H25NO5. The molecule has 1 saturated carbocycles. The van der Waals surface area contributed by atoms with Crippen molar-refractivity contribution in [3.05, 3.63) is 29.8 Å². The van der Waals surface area contributed by atoms with Gasteiger partial charge in [0, 0.05) is 31.7 Å².